The Labute approximate surface area is 463 Å². The molecule has 0 bridgehead atoms. The second-order valence-electron chi connectivity index (χ2n) is 19.8. The highest BCUT2D eigenvalue weighted by Gasteiger charge is 2.28. The maximum atomic E-state index is 12.9. The van der Waals surface area contributed by atoms with Crippen LogP contribution < -0.4 is 0 Å². The maximum Gasteiger partial charge on any atom is 0.472 e. The molecule has 0 saturated heterocycles. The highest BCUT2D eigenvalue weighted by Crippen LogP contribution is 2.43. The van der Waals surface area contributed by atoms with E-state index < -0.39 is 57.8 Å². The van der Waals surface area contributed by atoms with Crippen LogP contribution in [0.2, 0.25) is 0 Å². The van der Waals surface area contributed by atoms with Gasteiger partial charge in [0.2, 0.25) is 0 Å². The molecule has 0 aromatic rings. The molecule has 0 aliphatic rings. The number of phosphoric acid groups is 1. The normalized spacial score (nSPS) is 14.0. The standard InChI is InChI=1S/C64H109O11P/c1-4-7-10-13-16-19-22-25-28-29-30-31-34-37-40-43-46-49-52-55-64(68)75-61(57-71-62(66)53-50-47-44-41-38-35-32-26-23-20-17-14-11-8-5-2)59-73-76(69,70)72-58-60(56-65)74-63(67)54-51-48-45-42-39-36-33-27-24-21-18-15-12-9-6-3/h7,9-10,12,16,18-19,21,25,27-28,30-31,33,39,42,60-61,65H,4-6,8,11,13-15,17,20,22-24,26,29,32,34-38,40-41,43-59H2,1-3H3,(H,69,70)/b10-7-,12-9-,19-16-,21-18-,28-25-,31-30-,33-27-,42-39-. The molecular formula is C64H109O11P. The number of esters is 3. The van der Waals surface area contributed by atoms with Crippen molar-refractivity contribution in [3.05, 3.63) is 97.2 Å². The van der Waals surface area contributed by atoms with Crippen LogP contribution in [0.25, 0.3) is 0 Å². The Morgan fingerprint density at radius 3 is 1.08 bits per heavy atom. The number of hydrogen-bond donors (Lipinski definition) is 2. The number of aliphatic hydroxyl groups is 1. The Balaban J connectivity index is 4.78. The first kappa shape index (κ1) is 72.4. The van der Waals surface area contributed by atoms with Gasteiger partial charge in [0.25, 0.3) is 0 Å². The molecule has 3 unspecified atom stereocenters. The minimum absolute atomic E-state index is 0.121. The van der Waals surface area contributed by atoms with Crippen LogP contribution in [0.3, 0.4) is 0 Å². The van der Waals surface area contributed by atoms with Gasteiger partial charge in [-0.2, -0.15) is 0 Å². The Bertz CT molecular complexity index is 1640. The van der Waals surface area contributed by atoms with Crippen molar-refractivity contribution in [1.82, 2.24) is 0 Å². The zero-order chi connectivity index (χ0) is 55.5. The summed E-state index contributed by atoms with van der Waals surface area (Å²) in [6.45, 7) is 4.37. The van der Waals surface area contributed by atoms with Gasteiger partial charge in [-0.05, 0) is 96.3 Å². The number of unbranched alkanes of at least 4 members (excludes halogenated alkanes) is 22. The molecule has 0 radical (unpaired) electrons. The lowest BCUT2D eigenvalue weighted by Crippen LogP contribution is -2.30. The fraction of sp³-hybridized carbons (Fsp3) is 0.703. The Hall–Kier alpha value is -3.60. The first-order valence-corrected chi connectivity index (χ1v) is 31.6. The predicted molar refractivity (Wildman–Crippen MR) is 316 cm³/mol. The molecule has 2 N–H and O–H groups in total. The first-order chi connectivity index (χ1) is 37.2. The van der Waals surface area contributed by atoms with E-state index in [1.165, 1.54) is 70.6 Å². The van der Waals surface area contributed by atoms with Gasteiger partial charge in [0, 0.05) is 19.3 Å². The van der Waals surface area contributed by atoms with Gasteiger partial charge >= 0.3 is 25.7 Å². The van der Waals surface area contributed by atoms with E-state index in [0.29, 0.717) is 19.3 Å². The van der Waals surface area contributed by atoms with Gasteiger partial charge in [-0.1, -0.05) is 234 Å². The van der Waals surface area contributed by atoms with Gasteiger partial charge in [0.05, 0.1) is 19.8 Å². The van der Waals surface area contributed by atoms with Crippen LogP contribution in [0.4, 0.5) is 0 Å². The van der Waals surface area contributed by atoms with E-state index in [1.54, 1.807) is 0 Å². The summed E-state index contributed by atoms with van der Waals surface area (Å²) in [5.74, 6) is -1.52. The Morgan fingerprint density at radius 2 is 0.684 bits per heavy atom. The summed E-state index contributed by atoms with van der Waals surface area (Å²) >= 11 is 0. The van der Waals surface area contributed by atoms with Crippen molar-refractivity contribution in [3.8, 4) is 0 Å². The molecule has 11 nitrogen and oxygen atoms in total. The lowest BCUT2D eigenvalue weighted by Gasteiger charge is -2.21. The smallest absolute Gasteiger partial charge is 0.462 e. The second kappa shape index (κ2) is 57.6. The summed E-state index contributed by atoms with van der Waals surface area (Å²) in [5.41, 5.74) is 0. The summed E-state index contributed by atoms with van der Waals surface area (Å²) < 4.78 is 39.5. The van der Waals surface area contributed by atoms with Gasteiger partial charge in [-0.3, -0.25) is 23.4 Å². The third-order valence-electron chi connectivity index (χ3n) is 12.5. The van der Waals surface area contributed by atoms with E-state index in [-0.39, 0.29) is 25.9 Å². The summed E-state index contributed by atoms with van der Waals surface area (Å²) in [7, 11) is -4.77. The molecule has 0 aliphatic carbocycles. The molecule has 0 fully saturated rings. The third-order valence-corrected chi connectivity index (χ3v) is 13.5. The van der Waals surface area contributed by atoms with E-state index in [4.69, 9.17) is 23.3 Å². The van der Waals surface area contributed by atoms with Crippen LogP contribution in [0.1, 0.15) is 252 Å². The average Bonchev–Trinajstić information content (AvgIpc) is 3.41. The number of carbonyl (C=O) groups excluding carboxylic acids is 3. The van der Waals surface area contributed by atoms with E-state index >= 15 is 0 Å². The monoisotopic (exact) mass is 1080 g/mol. The summed E-state index contributed by atoms with van der Waals surface area (Å²) in [6, 6.07) is 0. The van der Waals surface area contributed by atoms with Crippen molar-refractivity contribution in [2.75, 3.05) is 26.4 Å². The highest BCUT2D eigenvalue weighted by atomic mass is 31.2. The summed E-state index contributed by atoms with van der Waals surface area (Å²) in [4.78, 5) is 48.6. The van der Waals surface area contributed by atoms with Gasteiger partial charge in [0.15, 0.2) is 6.10 Å². The summed E-state index contributed by atoms with van der Waals surface area (Å²) in [5, 5.41) is 9.82. The molecule has 3 atom stereocenters. The second-order valence-corrected chi connectivity index (χ2v) is 21.2. The van der Waals surface area contributed by atoms with Crippen LogP contribution in [0.15, 0.2) is 97.2 Å². The van der Waals surface area contributed by atoms with Crippen molar-refractivity contribution < 1.29 is 52.2 Å². The number of carbonyl (C=O) groups is 3. The predicted octanol–water partition coefficient (Wildman–Crippen LogP) is 18.0. The van der Waals surface area contributed by atoms with E-state index in [1.807, 2.05) is 0 Å². The van der Waals surface area contributed by atoms with Crippen LogP contribution in [0, 0.1) is 0 Å². The van der Waals surface area contributed by atoms with Crippen molar-refractivity contribution in [1.29, 1.82) is 0 Å². The van der Waals surface area contributed by atoms with Gasteiger partial charge < -0.3 is 24.2 Å². The van der Waals surface area contributed by atoms with E-state index in [9.17, 15) is 28.9 Å². The van der Waals surface area contributed by atoms with E-state index in [0.717, 1.165) is 122 Å². The highest BCUT2D eigenvalue weighted by molar-refractivity contribution is 7.47. The number of ether oxygens (including phenoxy) is 3. The van der Waals surface area contributed by atoms with Crippen LogP contribution in [-0.2, 0) is 42.2 Å². The lowest BCUT2D eigenvalue weighted by molar-refractivity contribution is -0.161. The molecular weight excluding hydrogens is 976 g/mol. The Morgan fingerprint density at radius 1 is 0.382 bits per heavy atom. The van der Waals surface area contributed by atoms with Gasteiger partial charge in [-0.25, -0.2) is 4.57 Å². The molecule has 0 aromatic carbocycles. The molecule has 0 spiro atoms. The van der Waals surface area contributed by atoms with Gasteiger partial charge in [0.1, 0.15) is 12.7 Å². The molecule has 0 saturated carbocycles. The third kappa shape index (κ3) is 55.2. The van der Waals surface area contributed by atoms with Crippen LogP contribution >= 0.6 is 7.82 Å². The fourth-order valence-corrected chi connectivity index (χ4v) is 8.77. The summed E-state index contributed by atoms with van der Waals surface area (Å²) in [6.07, 6.45) is 67.9. The lowest BCUT2D eigenvalue weighted by atomic mass is 10.0. The van der Waals surface area contributed by atoms with Crippen LogP contribution in [0.5, 0.6) is 0 Å². The fourth-order valence-electron chi connectivity index (χ4n) is 7.99. The number of allylic oxidation sites excluding steroid dienone is 16. The van der Waals surface area contributed by atoms with E-state index in [2.05, 4.69) is 118 Å². The number of phosphoric ester groups is 1. The number of aliphatic hydroxyl groups excluding tert-OH is 1. The Kier molecular flexibility index (Phi) is 54.8. The van der Waals surface area contributed by atoms with Crippen molar-refractivity contribution >= 4 is 25.7 Å². The number of hydrogen-bond acceptors (Lipinski definition) is 10. The molecule has 0 aliphatic heterocycles. The molecule has 0 heterocycles. The quantitative estimate of drug-likeness (QED) is 0.0197. The maximum absolute atomic E-state index is 12.9. The SMILES string of the molecule is CC/C=C\C/C=C\C/C=C\C/C=C\CCCCCCCCC(=O)OC(COC(=O)CCCCCCCCCCCCCCCCC)COP(=O)(O)OCC(CO)OC(=O)CCCC/C=C\C/C=C\C/C=C\C/C=C\CC. The van der Waals surface area contributed by atoms with Crippen molar-refractivity contribution in [2.24, 2.45) is 0 Å². The molecule has 76 heavy (non-hydrogen) atoms. The molecule has 12 heteroatoms. The largest absolute Gasteiger partial charge is 0.472 e. The average molecular weight is 1090 g/mol. The minimum atomic E-state index is -4.77. The van der Waals surface area contributed by atoms with Crippen molar-refractivity contribution in [2.45, 2.75) is 264 Å². The van der Waals surface area contributed by atoms with Crippen LogP contribution in [-0.4, -0.2) is 66.5 Å². The number of rotatable bonds is 55. The first-order valence-electron chi connectivity index (χ1n) is 30.1. The molecule has 0 aromatic heterocycles. The zero-order valence-corrected chi connectivity index (χ0v) is 49.1. The topological polar surface area (TPSA) is 155 Å². The van der Waals surface area contributed by atoms with Crippen molar-refractivity contribution in [3.63, 3.8) is 0 Å². The molecule has 0 rings (SSSR count). The minimum Gasteiger partial charge on any atom is -0.462 e. The molecule has 0 amide bonds. The van der Waals surface area contributed by atoms with Gasteiger partial charge in [-0.15, -0.1) is 0 Å². The zero-order valence-electron chi connectivity index (χ0n) is 48.2. The molecule has 436 valence electrons.